The Kier molecular flexibility index (Phi) is 5.93. The average Bonchev–Trinajstić information content (AvgIpc) is 2.29. The van der Waals surface area contributed by atoms with Crippen LogP contribution >= 0.6 is 11.6 Å². The molecule has 0 radical (unpaired) electrons. The minimum absolute atomic E-state index is 0.530. The summed E-state index contributed by atoms with van der Waals surface area (Å²) in [5.41, 5.74) is 0.173. The van der Waals surface area contributed by atoms with Gasteiger partial charge < -0.3 is 15.2 Å². The Morgan fingerprint density at radius 3 is 2.78 bits per heavy atom. The Morgan fingerprint density at radius 1 is 1.44 bits per heavy atom. The molecule has 0 aliphatic rings. The number of aliphatic hydroxyl groups is 1. The number of rotatable bonds is 7. The predicted octanol–water partition coefficient (Wildman–Crippen LogP) is 2.64. The van der Waals surface area contributed by atoms with E-state index in [4.69, 9.17) is 16.3 Å². The lowest BCUT2D eigenvalue weighted by molar-refractivity contribution is 0.0511. The molecular weight excluding hydrogens is 250 g/mol. The molecule has 1 aromatic carbocycles. The molecule has 2 N–H and O–H groups in total. The second-order valence-electron chi connectivity index (χ2n) is 4.73. The molecule has 4 heteroatoms. The summed E-state index contributed by atoms with van der Waals surface area (Å²) in [5, 5.41) is 14.2. The number of hydrogen-bond donors (Lipinski definition) is 2. The van der Waals surface area contributed by atoms with Gasteiger partial charge in [0.15, 0.2) is 0 Å². The first-order valence-electron chi connectivity index (χ1n) is 6.24. The molecule has 0 aliphatic carbocycles. The third-order valence-electron chi connectivity index (χ3n) is 2.90. The van der Waals surface area contributed by atoms with Crippen LogP contribution in [0, 0.1) is 0 Å². The monoisotopic (exact) mass is 271 g/mol. The normalized spacial score (nSPS) is 14.3. The molecule has 0 bridgehead atoms. The summed E-state index contributed by atoms with van der Waals surface area (Å²) in [4.78, 5) is 0. The zero-order valence-electron chi connectivity index (χ0n) is 11.3. The van der Waals surface area contributed by atoms with Gasteiger partial charge in [-0.25, -0.2) is 0 Å². The van der Waals surface area contributed by atoms with Gasteiger partial charge >= 0.3 is 0 Å². The molecule has 1 unspecified atom stereocenters. The maximum absolute atomic E-state index is 10.4. The van der Waals surface area contributed by atoms with E-state index in [1.165, 1.54) is 0 Å². The lowest BCUT2D eigenvalue weighted by atomic mass is 9.92. The Balaban J connectivity index is 2.72. The molecule has 1 atom stereocenters. The SMILES string of the molecule is CCNCCC(C)(O)Cc1cc(Cl)ccc1OC. The topological polar surface area (TPSA) is 41.5 Å². The second-order valence-corrected chi connectivity index (χ2v) is 5.17. The summed E-state index contributed by atoms with van der Waals surface area (Å²) in [6.45, 7) is 5.60. The Morgan fingerprint density at radius 2 is 2.17 bits per heavy atom. The molecule has 18 heavy (non-hydrogen) atoms. The molecule has 0 saturated carbocycles. The molecule has 0 aliphatic heterocycles. The number of halogens is 1. The molecule has 0 fully saturated rings. The Labute approximate surface area is 114 Å². The van der Waals surface area contributed by atoms with E-state index in [9.17, 15) is 5.11 Å². The van der Waals surface area contributed by atoms with E-state index in [0.717, 1.165) is 24.4 Å². The first-order valence-corrected chi connectivity index (χ1v) is 6.62. The number of benzene rings is 1. The molecule has 0 aromatic heterocycles. The maximum Gasteiger partial charge on any atom is 0.122 e. The number of ether oxygens (including phenoxy) is 1. The van der Waals surface area contributed by atoms with Crippen LogP contribution in [0.2, 0.25) is 5.02 Å². The number of hydrogen-bond acceptors (Lipinski definition) is 3. The highest BCUT2D eigenvalue weighted by atomic mass is 35.5. The fourth-order valence-electron chi connectivity index (χ4n) is 1.92. The fourth-order valence-corrected chi connectivity index (χ4v) is 2.11. The summed E-state index contributed by atoms with van der Waals surface area (Å²) < 4.78 is 5.29. The standard InChI is InChI=1S/C14H22ClNO2/c1-4-16-8-7-14(2,17)10-11-9-12(15)5-6-13(11)18-3/h5-6,9,16-17H,4,7-8,10H2,1-3H3. The van der Waals surface area contributed by atoms with Gasteiger partial charge in [0.1, 0.15) is 5.75 Å². The van der Waals surface area contributed by atoms with E-state index >= 15 is 0 Å². The first-order chi connectivity index (χ1) is 8.48. The minimum Gasteiger partial charge on any atom is -0.496 e. The third kappa shape index (κ3) is 4.84. The molecule has 0 spiro atoms. The predicted molar refractivity (Wildman–Crippen MR) is 75.5 cm³/mol. The van der Waals surface area contributed by atoms with Crippen LogP contribution in [0.5, 0.6) is 5.75 Å². The van der Waals surface area contributed by atoms with Crippen LogP contribution in [0.15, 0.2) is 18.2 Å². The van der Waals surface area contributed by atoms with Crippen molar-refractivity contribution in [1.82, 2.24) is 5.32 Å². The van der Waals surface area contributed by atoms with Crippen molar-refractivity contribution in [2.24, 2.45) is 0 Å². The van der Waals surface area contributed by atoms with Gasteiger partial charge in [0, 0.05) is 11.4 Å². The quantitative estimate of drug-likeness (QED) is 0.749. The Bertz CT molecular complexity index is 380. The van der Waals surface area contributed by atoms with Gasteiger partial charge in [0.2, 0.25) is 0 Å². The summed E-state index contributed by atoms with van der Waals surface area (Å²) in [6, 6.07) is 5.47. The molecular formula is C14H22ClNO2. The summed E-state index contributed by atoms with van der Waals surface area (Å²) in [6.07, 6.45) is 1.22. The summed E-state index contributed by atoms with van der Waals surface area (Å²) >= 11 is 5.98. The number of nitrogens with one attached hydrogen (secondary N) is 1. The van der Waals surface area contributed by atoms with Crippen molar-refractivity contribution in [3.8, 4) is 5.75 Å². The largest absolute Gasteiger partial charge is 0.496 e. The van der Waals surface area contributed by atoms with E-state index in [0.29, 0.717) is 17.9 Å². The minimum atomic E-state index is -0.764. The smallest absolute Gasteiger partial charge is 0.122 e. The van der Waals surface area contributed by atoms with E-state index in [2.05, 4.69) is 12.2 Å². The van der Waals surface area contributed by atoms with Gasteiger partial charge in [-0.05, 0) is 50.2 Å². The van der Waals surface area contributed by atoms with E-state index in [1.54, 1.807) is 13.2 Å². The van der Waals surface area contributed by atoms with Gasteiger partial charge in [-0.2, -0.15) is 0 Å². The van der Waals surface area contributed by atoms with Crippen molar-refractivity contribution >= 4 is 11.6 Å². The highest BCUT2D eigenvalue weighted by Crippen LogP contribution is 2.27. The number of methoxy groups -OCH3 is 1. The lowest BCUT2D eigenvalue weighted by Gasteiger charge is -2.24. The zero-order valence-corrected chi connectivity index (χ0v) is 12.0. The molecule has 1 aromatic rings. The van der Waals surface area contributed by atoms with Crippen LogP contribution in [0.25, 0.3) is 0 Å². The maximum atomic E-state index is 10.4. The van der Waals surface area contributed by atoms with Crippen molar-refractivity contribution in [3.05, 3.63) is 28.8 Å². The van der Waals surface area contributed by atoms with Gasteiger partial charge in [-0.1, -0.05) is 18.5 Å². The van der Waals surface area contributed by atoms with Crippen molar-refractivity contribution in [2.75, 3.05) is 20.2 Å². The van der Waals surface area contributed by atoms with Gasteiger partial charge in [0.05, 0.1) is 12.7 Å². The lowest BCUT2D eigenvalue weighted by Crippen LogP contribution is -2.32. The average molecular weight is 272 g/mol. The summed E-state index contributed by atoms with van der Waals surface area (Å²) in [5.74, 6) is 0.767. The van der Waals surface area contributed by atoms with Crippen molar-refractivity contribution < 1.29 is 9.84 Å². The van der Waals surface area contributed by atoms with Gasteiger partial charge in [-0.3, -0.25) is 0 Å². The fraction of sp³-hybridized carbons (Fsp3) is 0.571. The highest BCUT2D eigenvalue weighted by Gasteiger charge is 2.22. The molecule has 0 heterocycles. The van der Waals surface area contributed by atoms with E-state index < -0.39 is 5.60 Å². The van der Waals surface area contributed by atoms with Crippen LogP contribution in [0.1, 0.15) is 25.8 Å². The van der Waals surface area contributed by atoms with Crippen LogP contribution in [-0.4, -0.2) is 30.9 Å². The zero-order chi connectivity index (χ0) is 13.6. The third-order valence-corrected chi connectivity index (χ3v) is 3.14. The van der Waals surface area contributed by atoms with Crippen LogP contribution < -0.4 is 10.1 Å². The van der Waals surface area contributed by atoms with Gasteiger partial charge in [0.25, 0.3) is 0 Å². The molecule has 3 nitrogen and oxygen atoms in total. The Hall–Kier alpha value is -0.770. The van der Waals surface area contributed by atoms with Crippen molar-refractivity contribution in [3.63, 3.8) is 0 Å². The second kappa shape index (κ2) is 6.98. The highest BCUT2D eigenvalue weighted by molar-refractivity contribution is 6.30. The summed E-state index contributed by atoms with van der Waals surface area (Å²) in [7, 11) is 1.63. The van der Waals surface area contributed by atoms with Crippen molar-refractivity contribution in [1.29, 1.82) is 0 Å². The van der Waals surface area contributed by atoms with Gasteiger partial charge in [-0.15, -0.1) is 0 Å². The first kappa shape index (κ1) is 15.3. The molecule has 102 valence electrons. The molecule has 1 rings (SSSR count). The molecule has 0 saturated heterocycles. The van der Waals surface area contributed by atoms with Crippen LogP contribution in [0.3, 0.4) is 0 Å². The van der Waals surface area contributed by atoms with E-state index in [1.807, 2.05) is 19.1 Å². The van der Waals surface area contributed by atoms with Crippen LogP contribution in [-0.2, 0) is 6.42 Å². The molecule has 0 amide bonds. The van der Waals surface area contributed by atoms with Crippen molar-refractivity contribution in [2.45, 2.75) is 32.3 Å². The van der Waals surface area contributed by atoms with E-state index in [-0.39, 0.29) is 0 Å². The van der Waals surface area contributed by atoms with Crippen LogP contribution in [0.4, 0.5) is 0 Å².